The molecule has 1 N–H and O–H groups in total. The Morgan fingerprint density at radius 3 is 2.52 bits per heavy atom. The second-order valence-electron chi connectivity index (χ2n) is 5.49. The van der Waals surface area contributed by atoms with Crippen LogP contribution in [0.4, 0.5) is 5.69 Å². The van der Waals surface area contributed by atoms with Gasteiger partial charge in [-0.05, 0) is 31.2 Å². The van der Waals surface area contributed by atoms with Gasteiger partial charge in [-0.15, -0.1) is 0 Å². The van der Waals surface area contributed by atoms with Crippen LogP contribution in [0.25, 0.3) is 0 Å². The molecule has 0 radical (unpaired) electrons. The van der Waals surface area contributed by atoms with Gasteiger partial charge in [0.15, 0.2) is 0 Å². The number of ether oxygens (including phenoxy) is 2. The summed E-state index contributed by atoms with van der Waals surface area (Å²) >= 11 is 5.69. The summed E-state index contributed by atoms with van der Waals surface area (Å²) in [6.45, 7) is 1.78. The van der Waals surface area contributed by atoms with E-state index in [-0.39, 0.29) is 36.0 Å². The fourth-order valence-corrected chi connectivity index (χ4v) is 2.24. The maximum absolute atomic E-state index is 12.0. The molecule has 0 spiro atoms. The number of nitro groups is 1. The molecule has 0 aliphatic carbocycles. The number of nitro benzene ring substituents is 1. The van der Waals surface area contributed by atoms with Gasteiger partial charge in [-0.3, -0.25) is 19.7 Å². The topological polar surface area (TPSA) is 108 Å². The molecule has 2 aromatic carbocycles. The molecule has 0 aliphatic rings. The van der Waals surface area contributed by atoms with Gasteiger partial charge in [0, 0.05) is 11.6 Å². The molecule has 0 heterocycles. The van der Waals surface area contributed by atoms with E-state index in [1.54, 1.807) is 0 Å². The van der Waals surface area contributed by atoms with Gasteiger partial charge >= 0.3 is 5.97 Å². The first-order valence-corrected chi connectivity index (χ1v) is 8.32. The van der Waals surface area contributed by atoms with Crippen LogP contribution >= 0.6 is 11.6 Å². The van der Waals surface area contributed by atoms with Gasteiger partial charge in [0.25, 0.3) is 11.6 Å². The summed E-state index contributed by atoms with van der Waals surface area (Å²) in [5.74, 6) is -0.642. The summed E-state index contributed by atoms with van der Waals surface area (Å²) in [6.07, 6.45) is 0. The minimum atomic E-state index is -0.693. The molecule has 2 rings (SSSR count). The second-order valence-corrected chi connectivity index (χ2v) is 5.90. The Morgan fingerprint density at radius 2 is 1.85 bits per heavy atom. The van der Waals surface area contributed by atoms with E-state index in [0.29, 0.717) is 5.75 Å². The Labute approximate surface area is 160 Å². The molecule has 0 aliphatic heterocycles. The molecule has 0 bridgehead atoms. The Balaban J connectivity index is 1.73. The number of halogens is 1. The maximum Gasteiger partial charge on any atom is 0.325 e. The first-order valence-electron chi connectivity index (χ1n) is 7.94. The van der Waals surface area contributed by atoms with Crippen molar-refractivity contribution in [3.05, 3.63) is 68.7 Å². The predicted octanol–water partition coefficient (Wildman–Crippen LogP) is 2.91. The molecule has 2 aromatic rings. The van der Waals surface area contributed by atoms with Gasteiger partial charge in [-0.2, -0.15) is 0 Å². The van der Waals surface area contributed by atoms with Crippen LogP contribution in [0, 0.1) is 17.0 Å². The van der Waals surface area contributed by atoms with Crippen LogP contribution in [-0.4, -0.2) is 36.6 Å². The van der Waals surface area contributed by atoms with Gasteiger partial charge in [0.05, 0.1) is 4.92 Å². The number of nitrogens with one attached hydrogen (secondary N) is 1. The molecular weight excluding hydrogens is 376 g/mol. The number of benzene rings is 2. The van der Waals surface area contributed by atoms with Crippen LogP contribution in [0.15, 0.2) is 42.5 Å². The van der Waals surface area contributed by atoms with Crippen molar-refractivity contribution in [3.8, 4) is 5.75 Å². The molecular formula is C18H17ClN2O6. The highest BCUT2D eigenvalue weighted by Gasteiger charge is 2.16. The Bertz CT molecular complexity index is 838. The average Bonchev–Trinajstić information content (AvgIpc) is 2.64. The zero-order valence-corrected chi connectivity index (χ0v) is 15.2. The first kappa shape index (κ1) is 20.2. The summed E-state index contributed by atoms with van der Waals surface area (Å²) in [4.78, 5) is 33.7. The summed E-state index contributed by atoms with van der Waals surface area (Å²) in [5.41, 5.74) is 0.734. The van der Waals surface area contributed by atoms with Gasteiger partial charge in [0.1, 0.15) is 30.5 Å². The highest BCUT2D eigenvalue weighted by atomic mass is 35.5. The van der Waals surface area contributed by atoms with Crippen molar-refractivity contribution in [2.24, 2.45) is 0 Å². The number of aryl methyl sites for hydroxylation is 1. The summed E-state index contributed by atoms with van der Waals surface area (Å²) in [7, 11) is 0. The van der Waals surface area contributed by atoms with E-state index in [4.69, 9.17) is 21.1 Å². The zero-order valence-electron chi connectivity index (χ0n) is 14.4. The molecule has 0 aromatic heterocycles. The Kier molecular flexibility index (Phi) is 7.13. The Hall–Kier alpha value is -3.13. The van der Waals surface area contributed by atoms with E-state index in [1.165, 1.54) is 12.1 Å². The van der Waals surface area contributed by atoms with Gasteiger partial charge in [0.2, 0.25) is 0 Å². The van der Waals surface area contributed by atoms with Crippen molar-refractivity contribution in [1.29, 1.82) is 0 Å². The standard InChI is InChI=1S/C18H17ClN2O6/c1-12-2-5-14(6-3-12)26-8-9-27-17(22)11-20-18(23)13-4-7-15(19)16(10-13)21(24)25/h2-7,10H,8-9,11H2,1H3,(H,20,23). The third-order valence-electron chi connectivity index (χ3n) is 3.43. The van der Waals surface area contributed by atoms with Crippen molar-refractivity contribution in [3.63, 3.8) is 0 Å². The molecule has 0 unspecified atom stereocenters. The van der Waals surface area contributed by atoms with E-state index in [9.17, 15) is 19.7 Å². The number of nitrogens with zero attached hydrogens (tertiary/aromatic N) is 1. The summed E-state index contributed by atoms with van der Waals surface area (Å²) in [6, 6.07) is 11.0. The number of rotatable bonds is 8. The van der Waals surface area contributed by atoms with E-state index in [0.717, 1.165) is 11.6 Å². The van der Waals surface area contributed by atoms with E-state index < -0.39 is 16.8 Å². The minimum Gasteiger partial charge on any atom is -0.490 e. The number of esters is 1. The zero-order chi connectivity index (χ0) is 19.8. The predicted molar refractivity (Wildman–Crippen MR) is 98.1 cm³/mol. The molecule has 0 saturated carbocycles. The van der Waals surface area contributed by atoms with Gasteiger partial charge in [-0.1, -0.05) is 29.3 Å². The third-order valence-corrected chi connectivity index (χ3v) is 3.75. The van der Waals surface area contributed by atoms with Gasteiger partial charge < -0.3 is 14.8 Å². The summed E-state index contributed by atoms with van der Waals surface area (Å²) < 4.78 is 10.4. The van der Waals surface area contributed by atoms with Crippen molar-refractivity contribution in [1.82, 2.24) is 5.32 Å². The van der Waals surface area contributed by atoms with Crippen molar-refractivity contribution >= 4 is 29.2 Å². The quantitative estimate of drug-likeness (QED) is 0.320. The van der Waals surface area contributed by atoms with E-state index >= 15 is 0 Å². The van der Waals surface area contributed by atoms with Crippen molar-refractivity contribution in [2.75, 3.05) is 19.8 Å². The normalized spacial score (nSPS) is 10.1. The van der Waals surface area contributed by atoms with Crippen molar-refractivity contribution < 1.29 is 24.0 Å². The fraction of sp³-hybridized carbons (Fsp3) is 0.222. The van der Waals surface area contributed by atoms with Crippen LogP contribution in [0.3, 0.4) is 0 Å². The highest BCUT2D eigenvalue weighted by molar-refractivity contribution is 6.32. The molecule has 142 valence electrons. The largest absolute Gasteiger partial charge is 0.490 e. The second kappa shape index (κ2) is 9.54. The van der Waals surface area contributed by atoms with Crippen LogP contribution in [0.1, 0.15) is 15.9 Å². The molecule has 8 nitrogen and oxygen atoms in total. The molecule has 9 heteroatoms. The highest BCUT2D eigenvalue weighted by Crippen LogP contribution is 2.24. The third kappa shape index (κ3) is 6.27. The molecule has 0 fully saturated rings. The number of hydrogen-bond acceptors (Lipinski definition) is 6. The molecule has 1 amide bonds. The summed E-state index contributed by atoms with van der Waals surface area (Å²) in [5, 5.41) is 13.1. The van der Waals surface area contributed by atoms with E-state index in [2.05, 4.69) is 5.32 Å². The number of hydrogen-bond donors (Lipinski definition) is 1. The lowest BCUT2D eigenvalue weighted by Crippen LogP contribution is -2.31. The van der Waals surface area contributed by atoms with Crippen molar-refractivity contribution in [2.45, 2.75) is 6.92 Å². The maximum atomic E-state index is 12.0. The number of carbonyl (C=O) groups is 2. The molecule has 27 heavy (non-hydrogen) atoms. The SMILES string of the molecule is Cc1ccc(OCCOC(=O)CNC(=O)c2ccc(Cl)c([N+](=O)[O-])c2)cc1. The first-order chi connectivity index (χ1) is 12.9. The minimum absolute atomic E-state index is 0.0154. The average molecular weight is 393 g/mol. The van der Waals surface area contributed by atoms with Crippen LogP contribution < -0.4 is 10.1 Å². The molecule has 0 saturated heterocycles. The van der Waals surface area contributed by atoms with Crippen LogP contribution in [0.2, 0.25) is 5.02 Å². The van der Waals surface area contributed by atoms with Crippen LogP contribution in [-0.2, 0) is 9.53 Å². The van der Waals surface area contributed by atoms with Crippen LogP contribution in [0.5, 0.6) is 5.75 Å². The van der Waals surface area contributed by atoms with E-state index in [1.807, 2.05) is 31.2 Å². The smallest absolute Gasteiger partial charge is 0.325 e. The lowest BCUT2D eigenvalue weighted by Gasteiger charge is -2.08. The number of carbonyl (C=O) groups excluding carboxylic acids is 2. The monoisotopic (exact) mass is 392 g/mol. The molecule has 0 atom stereocenters. The lowest BCUT2D eigenvalue weighted by atomic mass is 10.2. The number of amides is 1. The lowest BCUT2D eigenvalue weighted by molar-refractivity contribution is -0.384. The Morgan fingerprint density at radius 1 is 1.15 bits per heavy atom. The fourth-order valence-electron chi connectivity index (χ4n) is 2.05. The van der Waals surface area contributed by atoms with Gasteiger partial charge in [-0.25, -0.2) is 0 Å².